The number of hydrogen-bond donors (Lipinski definition) is 0. The standard InChI is InChI=1S/C26H40FNO/c1-2-3-4-5-6-7-8-9-11-22-13-15-23(16-14-22)12-10-19-29-25-18-17-24(21-28)26(27)20-25/h17-18,20,22-23H,2-16,19H2,1H3. The van der Waals surface area contributed by atoms with Crippen molar-refractivity contribution in [2.75, 3.05) is 6.61 Å². The summed E-state index contributed by atoms with van der Waals surface area (Å²) in [7, 11) is 0. The molecule has 1 saturated carbocycles. The lowest BCUT2D eigenvalue weighted by molar-refractivity contribution is 0.227. The predicted molar refractivity (Wildman–Crippen MR) is 119 cm³/mol. The van der Waals surface area contributed by atoms with Crippen molar-refractivity contribution < 1.29 is 9.13 Å². The molecule has 0 N–H and O–H groups in total. The van der Waals surface area contributed by atoms with Crippen LogP contribution in [0.5, 0.6) is 5.75 Å². The second-order valence-electron chi connectivity index (χ2n) is 8.89. The van der Waals surface area contributed by atoms with Gasteiger partial charge in [-0.05, 0) is 36.8 Å². The number of halogens is 1. The van der Waals surface area contributed by atoms with Crippen molar-refractivity contribution in [2.24, 2.45) is 11.8 Å². The zero-order valence-corrected chi connectivity index (χ0v) is 18.4. The second-order valence-corrected chi connectivity index (χ2v) is 8.89. The number of ether oxygens (including phenoxy) is 1. The van der Waals surface area contributed by atoms with E-state index in [2.05, 4.69) is 6.92 Å². The van der Waals surface area contributed by atoms with Gasteiger partial charge in [-0.3, -0.25) is 0 Å². The molecule has 0 aromatic heterocycles. The van der Waals surface area contributed by atoms with Crippen LogP contribution in [0.1, 0.15) is 109 Å². The van der Waals surface area contributed by atoms with Gasteiger partial charge in [0.1, 0.15) is 17.6 Å². The Hall–Kier alpha value is -1.56. The van der Waals surface area contributed by atoms with Gasteiger partial charge in [-0.15, -0.1) is 0 Å². The van der Waals surface area contributed by atoms with Gasteiger partial charge in [-0.2, -0.15) is 5.26 Å². The molecular weight excluding hydrogens is 361 g/mol. The van der Waals surface area contributed by atoms with Gasteiger partial charge in [0, 0.05) is 6.07 Å². The van der Waals surface area contributed by atoms with Crippen LogP contribution in [0.2, 0.25) is 0 Å². The molecule has 1 aliphatic rings. The van der Waals surface area contributed by atoms with E-state index in [1.165, 1.54) is 102 Å². The molecule has 1 aliphatic carbocycles. The van der Waals surface area contributed by atoms with Crippen molar-refractivity contribution in [1.82, 2.24) is 0 Å². The molecule has 0 bridgehead atoms. The third-order valence-electron chi connectivity index (χ3n) is 6.52. The first-order chi connectivity index (χ1) is 14.2. The monoisotopic (exact) mass is 401 g/mol. The summed E-state index contributed by atoms with van der Waals surface area (Å²) >= 11 is 0. The van der Waals surface area contributed by atoms with Crippen LogP contribution < -0.4 is 4.74 Å². The Balaban J connectivity index is 1.46. The van der Waals surface area contributed by atoms with Gasteiger partial charge in [0.2, 0.25) is 0 Å². The quantitative estimate of drug-likeness (QED) is 0.294. The Morgan fingerprint density at radius 2 is 1.48 bits per heavy atom. The smallest absolute Gasteiger partial charge is 0.144 e. The fraction of sp³-hybridized carbons (Fsp3) is 0.731. The molecule has 2 nitrogen and oxygen atoms in total. The number of rotatable bonds is 14. The molecule has 0 aliphatic heterocycles. The molecule has 1 aromatic carbocycles. The van der Waals surface area contributed by atoms with E-state index in [0.717, 1.165) is 18.3 Å². The first-order valence-electron chi connectivity index (χ1n) is 12.1. The van der Waals surface area contributed by atoms with Crippen molar-refractivity contribution in [3.8, 4) is 11.8 Å². The van der Waals surface area contributed by atoms with Crippen LogP contribution in [0.4, 0.5) is 4.39 Å². The Morgan fingerprint density at radius 3 is 2.07 bits per heavy atom. The number of nitriles is 1. The van der Waals surface area contributed by atoms with Gasteiger partial charge < -0.3 is 4.74 Å². The molecule has 0 saturated heterocycles. The van der Waals surface area contributed by atoms with Crippen molar-refractivity contribution in [1.29, 1.82) is 5.26 Å². The number of nitrogens with zero attached hydrogens (tertiary/aromatic N) is 1. The molecule has 0 radical (unpaired) electrons. The normalized spacial score (nSPS) is 19.1. The van der Waals surface area contributed by atoms with E-state index in [1.54, 1.807) is 6.07 Å². The van der Waals surface area contributed by atoms with Crippen LogP contribution in [0, 0.1) is 29.0 Å². The van der Waals surface area contributed by atoms with Crippen LogP contribution in [0.3, 0.4) is 0 Å². The summed E-state index contributed by atoms with van der Waals surface area (Å²) in [6.07, 6.45) is 20.6. The van der Waals surface area contributed by atoms with Crippen LogP contribution in [0.25, 0.3) is 0 Å². The van der Waals surface area contributed by atoms with E-state index in [9.17, 15) is 4.39 Å². The average molecular weight is 402 g/mol. The molecule has 162 valence electrons. The molecular formula is C26H40FNO. The Labute approximate surface area is 177 Å². The maximum Gasteiger partial charge on any atom is 0.144 e. The minimum absolute atomic E-state index is 0.0704. The van der Waals surface area contributed by atoms with E-state index in [4.69, 9.17) is 10.00 Å². The molecule has 0 unspecified atom stereocenters. The average Bonchev–Trinajstić information content (AvgIpc) is 2.74. The second kappa shape index (κ2) is 14.4. The summed E-state index contributed by atoms with van der Waals surface area (Å²) in [4.78, 5) is 0. The van der Waals surface area contributed by atoms with Gasteiger partial charge in [0.25, 0.3) is 0 Å². The highest BCUT2D eigenvalue weighted by atomic mass is 19.1. The fourth-order valence-electron chi connectivity index (χ4n) is 4.61. The summed E-state index contributed by atoms with van der Waals surface area (Å²) in [5, 5.41) is 8.76. The highest BCUT2D eigenvalue weighted by Gasteiger charge is 2.20. The Morgan fingerprint density at radius 1 is 0.897 bits per heavy atom. The number of benzene rings is 1. The highest BCUT2D eigenvalue weighted by molar-refractivity contribution is 5.36. The van der Waals surface area contributed by atoms with E-state index in [1.807, 2.05) is 6.07 Å². The van der Waals surface area contributed by atoms with E-state index in [-0.39, 0.29) is 5.56 Å². The molecule has 3 heteroatoms. The van der Waals surface area contributed by atoms with Gasteiger partial charge >= 0.3 is 0 Å². The van der Waals surface area contributed by atoms with Crippen LogP contribution in [0.15, 0.2) is 18.2 Å². The molecule has 1 fully saturated rings. The minimum atomic E-state index is -0.500. The lowest BCUT2D eigenvalue weighted by atomic mass is 9.78. The van der Waals surface area contributed by atoms with Crippen molar-refractivity contribution in [2.45, 2.75) is 103 Å². The Bertz CT molecular complexity index is 601. The third-order valence-corrected chi connectivity index (χ3v) is 6.52. The number of unbranched alkanes of at least 4 members (excludes halogenated alkanes) is 7. The van der Waals surface area contributed by atoms with E-state index >= 15 is 0 Å². The summed E-state index contributed by atoms with van der Waals surface area (Å²) in [6, 6.07) is 6.31. The van der Waals surface area contributed by atoms with Gasteiger partial charge in [-0.1, -0.05) is 90.4 Å². The topological polar surface area (TPSA) is 33.0 Å². The number of hydrogen-bond acceptors (Lipinski definition) is 2. The maximum atomic E-state index is 13.6. The van der Waals surface area contributed by atoms with Gasteiger partial charge in [0.05, 0.1) is 12.2 Å². The molecule has 0 heterocycles. The summed E-state index contributed by atoms with van der Waals surface area (Å²) in [6.45, 7) is 2.91. The van der Waals surface area contributed by atoms with Crippen molar-refractivity contribution >= 4 is 0 Å². The largest absolute Gasteiger partial charge is 0.493 e. The molecule has 29 heavy (non-hydrogen) atoms. The SMILES string of the molecule is CCCCCCCCCCC1CCC(CCCOc2ccc(C#N)c(F)c2)CC1. The first kappa shape index (κ1) is 23.7. The summed E-state index contributed by atoms with van der Waals surface area (Å²) in [5.41, 5.74) is 0.0704. The molecule has 0 spiro atoms. The third kappa shape index (κ3) is 9.66. The predicted octanol–water partition coefficient (Wildman–Crippen LogP) is 8.19. The highest BCUT2D eigenvalue weighted by Crippen LogP contribution is 2.34. The molecule has 2 rings (SSSR count). The van der Waals surface area contributed by atoms with Gasteiger partial charge in [-0.25, -0.2) is 4.39 Å². The summed E-state index contributed by atoms with van der Waals surface area (Å²) in [5.74, 6) is 1.82. The van der Waals surface area contributed by atoms with Gasteiger partial charge in [0.15, 0.2) is 0 Å². The van der Waals surface area contributed by atoms with Crippen LogP contribution >= 0.6 is 0 Å². The van der Waals surface area contributed by atoms with E-state index in [0.29, 0.717) is 12.4 Å². The fourth-order valence-corrected chi connectivity index (χ4v) is 4.61. The van der Waals surface area contributed by atoms with Crippen LogP contribution in [-0.2, 0) is 0 Å². The van der Waals surface area contributed by atoms with E-state index < -0.39 is 5.82 Å². The van der Waals surface area contributed by atoms with Crippen molar-refractivity contribution in [3.63, 3.8) is 0 Å². The zero-order valence-electron chi connectivity index (χ0n) is 18.4. The lowest BCUT2D eigenvalue weighted by Crippen LogP contribution is -2.15. The lowest BCUT2D eigenvalue weighted by Gasteiger charge is -2.28. The summed E-state index contributed by atoms with van der Waals surface area (Å²) < 4.78 is 19.2. The van der Waals surface area contributed by atoms with Crippen molar-refractivity contribution in [3.05, 3.63) is 29.6 Å². The first-order valence-corrected chi connectivity index (χ1v) is 12.1. The molecule has 1 aromatic rings. The molecule has 0 atom stereocenters. The molecule has 0 amide bonds. The zero-order chi connectivity index (χ0) is 20.7. The van der Waals surface area contributed by atoms with Crippen LogP contribution in [-0.4, -0.2) is 6.61 Å². The maximum absolute atomic E-state index is 13.6. The minimum Gasteiger partial charge on any atom is -0.493 e. The Kier molecular flexibility index (Phi) is 11.8.